The number of carbonyl (C=O) groups excluding carboxylic acids is 1. The second kappa shape index (κ2) is 5.58. The normalized spacial score (nSPS) is 15.0. The van der Waals surface area contributed by atoms with Crippen LogP contribution >= 0.6 is 0 Å². The number of hydrogen-bond acceptors (Lipinski definition) is 4. The van der Waals surface area contributed by atoms with E-state index in [2.05, 4.69) is 10.0 Å². The molecule has 0 spiro atoms. The van der Waals surface area contributed by atoms with Crippen LogP contribution in [0.4, 0.5) is 5.69 Å². The predicted molar refractivity (Wildman–Crippen MR) is 73.4 cm³/mol. The molecule has 6 nitrogen and oxygen atoms in total. The van der Waals surface area contributed by atoms with Gasteiger partial charge in [-0.15, -0.1) is 0 Å². The molecule has 7 heteroatoms. The van der Waals surface area contributed by atoms with Crippen molar-refractivity contribution >= 4 is 21.6 Å². The minimum Gasteiger partial charge on any atom is -0.351 e. The molecule has 0 heterocycles. The number of nitrogens with one attached hydrogen (secondary N) is 2. The van der Waals surface area contributed by atoms with Crippen LogP contribution in [-0.4, -0.2) is 32.7 Å². The Labute approximate surface area is 112 Å². The maximum absolute atomic E-state index is 11.9. The monoisotopic (exact) mass is 283 g/mol. The summed E-state index contributed by atoms with van der Waals surface area (Å²) in [6.45, 7) is 0.685. The number of hydrogen-bond donors (Lipinski definition) is 3. The summed E-state index contributed by atoms with van der Waals surface area (Å²) in [5.41, 5.74) is 5.93. The van der Waals surface area contributed by atoms with Crippen LogP contribution in [0.1, 0.15) is 23.2 Å². The molecular weight excluding hydrogens is 266 g/mol. The number of amides is 1. The van der Waals surface area contributed by atoms with E-state index in [1.54, 1.807) is 24.3 Å². The zero-order chi connectivity index (χ0) is 13.9. The molecule has 104 valence electrons. The molecule has 4 N–H and O–H groups in total. The van der Waals surface area contributed by atoms with E-state index in [9.17, 15) is 13.2 Å². The summed E-state index contributed by atoms with van der Waals surface area (Å²) in [6, 6.07) is 6.53. The second-order valence-electron chi connectivity index (χ2n) is 4.44. The summed E-state index contributed by atoms with van der Waals surface area (Å²) in [5.74, 6) is -0.334. The van der Waals surface area contributed by atoms with Crippen LogP contribution in [0.5, 0.6) is 0 Å². The lowest BCUT2D eigenvalue weighted by atomic mass is 10.1. The predicted octanol–water partition coefficient (Wildman–Crippen LogP) is 0.279. The highest BCUT2D eigenvalue weighted by Gasteiger charge is 2.36. The molecule has 0 radical (unpaired) electrons. The van der Waals surface area contributed by atoms with E-state index in [1.165, 1.54) is 0 Å². The van der Waals surface area contributed by atoms with Crippen LogP contribution in [0.25, 0.3) is 0 Å². The number of anilines is 1. The summed E-state index contributed by atoms with van der Waals surface area (Å²) in [5, 5.41) is 2.29. The minimum absolute atomic E-state index is 0.306. The van der Waals surface area contributed by atoms with Crippen molar-refractivity contribution in [3.63, 3.8) is 0 Å². The molecule has 0 atom stereocenters. The topological polar surface area (TPSA) is 101 Å². The van der Waals surface area contributed by atoms with E-state index < -0.39 is 10.0 Å². The van der Waals surface area contributed by atoms with Crippen LogP contribution in [-0.2, 0) is 10.0 Å². The summed E-state index contributed by atoms with van der Waals surface area (Å²) >= 11 is 0. The largest absolute Gasteiger partial charge is 0.351 e. The lowest BCUT2D eigenvalue weighted by Crippen LogP contribution is -2.30. The quantitative estimate of drug-likeness (QED) is 0.698. The second-order valence-corrected chi connectivity index (χ2v) is 6.40. The molecule has 1 aliphatic carbocycles. The number of carbonyl (C=O) groups is 1. The first-order chi connectivity index (χ1) is 9.04. The van der Waals surface area contributed by atoms with Crippen LogP contribution < -0.4 is 15.8 Å². The number of nitrogens with two attached hydrogens (primary N) is 1. The van der Waals surface area contributed by atoms with Gasteiger partial charge in [0.2, 0.25) is 10.0 Å². The van der Waals surface area contributed by atoms with Crippen LogP contribution in [0.2, 0.25) is 0 Å². The van der Waals surface area contributed by atoms with E-state index in [-0.39, 0.29) is 11.2 Å². The first-order valence-corrected chi connectivity index (χ1v) is 7.68. The average molecular weight is 283 g/mol. The lowest BCUT2D eigenvalue weighted by Gasteiger charge is -2.12. The Bertz CT molecular complexity index is 567. The number of para-hydroxylation sites is 1. The van der Waals surface area contributed by atoms with Gasteiger partial charge in [-0.25, -0.2) is 8.42 Å². The number of rotatable bonds is 6. The molecule has 19 heavy (non-hydrogen) atoms. The van der Waals surface area contributed by atoms with Crippen LogP contribution in [0.3, 0.4) is 0 Å². The highest BCUT2D eigenvalue weighted by atomic mass is 32.2. The Balaban J connectivity index is 2.18. The Morgan fingerprint density at radius 2 is 2.00 bits per heavy atom. The van der Waals surface area contributed by atoms with Gasteiger partial charge in [0, 0.05) is 13.1 Å². The van der Waals surface area contributed by atoms with Crippen molar-refractivity contribution in [2.75, 3.05) is 17.8 Å². The number of sulfonamides is 1. The van der Waals surface area contributed by atoms with Crippen molar-refractivity contribution in [2.45, 2.75) is 18.1 Å². The van der Waals surface area contributed by atoms with Gasteiger partial charge >= 0.3 is 0 Å². The van der Waals surface area contributed by atoms with Crippen molar-refractivity contribution in [1.29, 1.82) is 0 Å². The highest BCUT2D eigenvalue weighted by molar-refractivity contribution is 7.93. The summed E-state index contributed by atoms with van der Waals surface area (Å²) in [4.78, 5) is 11.9. The molecule has 1 fully saturated rings. The van der Waals surface area contributed by atoms with E-state index >= 15 is 0 Å². The average Bonchev–Trinajstić information content (AvgIpc) is 3.20. The van der Waals surface area contributed by atoms with E-state index in [1.807, 2.05) is 0 Å². The maximum atomic E-state index is 11.9. The smallest absolute Gasteiger partial charge is 0.253 e. The molecule has 2 rings (SSSR count). The van der Waals surface area contributed by atoms with Gasteiger partial charge in [-0.05, 0) is 25.0 Å². The minimum atomic E-state index is -3.37. The van der Waals surface area contributed by atoms with Crippen LogP contribution in [0.15, 0.2) is 24.3 Å². The first-order valence-electron chi connectivity index (χ1n) is 6.13. The van der Waals surface area contributed by atoms with Gasteiger partial charge < -0.3 is 11.1 Å². The van der Waals surface area contributed by atoms with Crippen molar-refractivity contribution in [2.24, 2.45) is 5.73 Å². The molecule has 0 saturated heterocycles. The first kappa shape index (κ1) is 13.8. The Morgan fingerprint density at radius 1 is 1.32 bits per heavy atom. The molecule has 0 aromatic heterocycles. The Kier molecular flexibility index (Phi) is 4.06. The van der Waals surface area contributed by atoms with Crippen molar-refractivity contribution in [3.8, 4) is 0 Å². The summed E-state index contributed by atoms with van der Waals surface area (Å²) in [6.07, 6.45) is 1.35. The van der Waals surface area contributed by atoms with E-state index in [0.29, 0.717) is 37.2 Å². The third-order valence-corrected chi connectivity index (χ3v) is 4.67. The fraction of sp³-hybridized carbons (Fsp3) is 0.417. The van der Waals surface area contributed by atoms with Gasteiger partial charge in [-0.2, -0.15) is 0 Å². The summed E-state index contributed by atoms with van der Waals surface area (Å²) in [7, 11) is -3.37. The number of benzene rings is 1. The molecule has 1 saturated carbocycles. The highest BCUT2D eigenvalue weighted by Crippen LogP contribution is 2.30. The lowest BCUT2D eigenvalue weighted by molar-refractivity contribution is 0.0955. The van der Waals surface area contributed by atoms with Gasteiger partial charge in [-0.1, -0.05) is 12.1 Å². The van der Waals surface area contributed by atoms with E-state index in [4.69, 9.17) is 5.73 Å². The Morgan fingerprint density at radius 3 is 2.63 bits per heavy atom. The Hall–Kier alpha value is -1.60. The van der Waals surface area contributed by atoms with E-state index in [0.717, 1.165) is 0 Å². The molecular formula is C12H17N3O3S. The maximum Gasteiger partial charge on any atom is 0.253 e. The zero-order valence-corrected chi connectivity index (χ0v) is 11.2. The van der Waals surface area contributed by atoms with Gasteiger partial charge in [0.25, 0.3) is 5.91 Å². The van der Waals surface area contributed by atoms with Crippen LogP contribution in [0, 0.1) is 0 Å². The van der Waals surface area contributed by atoms with Gasteiger partial charge in [0.1, 0.15) is 0 Å². The molecule has 0 unspecified atom stereocenters. The van der Waals surface area contributed by atoms with Crippen molar-refractivity contribution in [3.05, 3.63) is 29.8 Å². The molecule has 1 amide bonds. The molecule has 0 aliphatic heterocycles. The SMILES string of the molecule is NCCNC(=O)c1ccccc1NS(=O)(=O)C1CC1. The molecule has 1 aromatic rings. The standard InChI is InChI=1S/C12H17N3O3S/c13-7-8-14-12(16)10-3-1-2-4-11(10)15-19(17,18)9-5-6-9/h1-4,9,15H,5-8,13H2,(H,14,16). The third-order valence-electron chi connectivity index (χ3n) is 2.82. The fourth-order valence-corrected chi connectivity index (χ4v) is 3.07. The molecule has 0 bridgehead atoms. The van der Waals surface area contributed by atoms with Gasteiger partial charge in [0.15, 0.2) is 0 Å². The van der Waals surface area contributed by atoms with Gasteiger partial charge in [0.05, 0.1) is 16.5 Å². The zero-order valence-electron chi connectivity index (χ0n) is 10.4. The van der Waals surface area contributed by atoms with Crippen molar-refractivity contribution < 1.29 is 13.2 Å². The van der Waals surface area contributed by atoms with Gasteiger partial charge in [-0.3, -0.25) is 9.52 Å². The molecule has 1 aliphatic rings. The third kappa shape index (κ3) is 3.45. The molecule has 1 aromatic carbocycles. The van der Waals surface area contributed by atoms with Crippen molar-refractivity contribution in [1.82, 2.24) is 5.32 Å². The fourth-order valence-electron chi connectivity index (χ4n) is 1.67. The summed E-state index contributed by atoms with van der Waals surface area (Å²) < 4.78 is 26.3.